The highest BCUT2D eigenvalue weighted by Gasteiger charge is 2.24. The standard InChI is InChI=1S/C22H20O5/c1-22(2)8-7-16-19(27-22)6-5-17-20(23)18(12-26-21(16)17)13-9-14(24-3)11-15(10-13)25-4/h5-12H,1-4H3. The molecule has 2 aromatic carbocycles. The summed E-state index contributed by atoms with van der Waals surface area (Å²) in [4.78, 5) is 13.1. The van der Waals surface area contributed by atoms with Crippen LogP contribution in [0.3, 0.4) is 0 Å². The van der Waals surface area contributed by atoms with E-state index in [9.17, 15) is 4.79 Å². The zero-order valence-electron chi connectivity index (χ0n) is 15.7. The predicted molar refractivity (Wildman–Crippen MR) is 105 cm³/mol. The molecule has 0 atom stereocenters. The summed E-state index contributed by atoms with van der Waals surface area (Å²) in [5.41, 5.74) is 1.90. The van der Waals surface area contributed by atoms with Crippen molar-refractivity contribution < 1.29 is 18.6 Å². The van der Waals surface area contributed by atoms with Crippen LogP contribution in [0.1, 0.15) is 19.4 Å². The van der Waals surface area contributed by atoms with Crippen molar-refractivity contribution in [3.8, 4) is 28.4 Å². The first-order valence-electron chi connectivity index (χ1n) is 8.62. The number of rotatable bonds is 3. The van der Waals surface area contributed by atoms with Crippen LogP contribution in [-0.4, -0.2) is 19.8 Å². The SMILES string of the molecule is COc1cc(OC)cc(-c2coc3c4c(ccc3c2=O)OC(C)(C)C=C4)c1. The van der Waals surface area contributed by atoms with E-state index in [-0.39, 0.29) is 5.43 Å². The van der Waals surface area contributed by atoms with E-state index in [1.165, 1.54) is 6.26 Å². The molecule has 138 valence electrons. The Labute approximate surface area is 156 Å². The Kier molecular flexibility index (Phi) is 3.95. The Hall–Kier alpha value is -3.21. The molecule has 0 unspecified atom stereocenters. The molecule has 0 saturated heterocycles. The van der Waals surface area contributed by atoms with Gasteiger partial charge < -0.3 is 18.6 Å². The third kappa shape index (κ3) is 2.95. The average Bonchev–Trinajstić information content (AvgIpc) is 2.66. The summed E-state index contributed by atoms with van der Waals surface area (Å²) in [6, 6.07) is 8.88. The second kappa shape index (κ2) is 6.20. The summed E-state index contributed by atoms with van der Waals surface area (Å²) in [5, 5.41) is 0.501. The second-order valence-electron chi connectivity index (χ2n) is 6.97. The summed E-state index contributed by atoms with van der Waals surface area (Å²) < 4.78 is 22.4. The maximum Gasteiger partial charge on any atom is 0.200 e. The second-order valence-corrected chi connectivity index (χ2v) is 6.97. The lowest BCUT2D eigenvalue weighted by molar-refractivity contribution is 0.159. The zero-order chi connectivity index (χ0) is 19.2. The number of benzene rings is 2. The minimum absolute atomic E-state index is 0.118. The van der Waals surface area contributed by atoms with E-state index in [1.54, 1.807) is 38.5 Å². The molecule has 1 aliphatic rings. The zero-order valence-corrected chi connectivity index (χ0v) is 15.7. The van der Waals surface area contributed by atoms with Crippen LogP contribution in [0.4, 0.5) is 0 Å². The van der Waals surface area contributed by atoms with Crippen LogP contribution in [0.25, 0.3) is 28.2 Å². The van der Waals surface area contributed by atoms with Crippen molar-refractivity contribution in [2.24, 2.45) is 0 Å². The van der Waals surface area contributed by atoms with Crippen molar-refractivity contribution in [1.29, 1.82) is 0 Å². The largest absolute Gasteiger partial charge is 0.497 e. The molecule has 1 aliphatic heterocycles. The number of hydrogen-bond acceptors (Lipinski definition) is 5. The molecule has 0 amide bonds. The highest BCUT2D eigenvalue weighted by atomic mass is 16.5. The van der Waals surface area contributed by atoms with Crippen molar-refractivity contribution in [2.45, 2.75) is 19.4 Å². The molecule has 0 spiro atoms. The Morgan fingerprint density at radius 3 is 2.37 bits per heavy atom. The van der Waals surface area contributed by atoms with Crippen LogP contribution in [0.2, 0.25) is 0 Å². The molecule has 0 fully saturated rings. The smallest absolute Gasteiger partial charge is 0.200 e. The number of fused-ring (bicyclic) bond motifs is 3. The molecule has 27 heavy (non-hydrogen) atoms. The highest BCUT2D eigenvalue weighted by molar-refractivity contribution is 5.91. The topological polar surface area (TPSA) is 57.9 Å². The van der Waals surface area contributed by atoms with E-state index in [0.717, 1.165) is 5.56 Å². The summed E-state index contributed by atoms with van der Waals surface area (Å²) in [6.07, 6.45) is 5.38. The first-order chi connectivity index (χ1) is 12.9. The Bertz CT molecular complexity index is 1100. The number of hydrogen-bond donors (Lipinski definition) is 0. The van der Waals surface area contributed by atoms with Crippen molar-refractivity contribution in [3.05, 3.63) is 58.5 Å². The molecule has 0 N–H and O–H groups in total. The van der Waals surface area contributed by atoms with Gasteiger partial charge in [0.1, 0.15) is 34.7 Å². The van der Waals surface area contributed by atoms with Gasteiger partial charge in [-0.25, -0.2) is 0 Å². The van der Waals surface area contributed by atoms with Crippen LogP contribution in [-0.2, 0) is 0 Å². The highest BCUT2D eigenvalue weighted by Crippen LogP contribution is 2.36. The molecular weight excluding hydrogens is 344 g/mol. The van der Waals surface area contributed by atoms with Crippen LogP contribution in [0, 0.1) is 0 Å². The Balaban J connectivity index is 1.91. The van der Waals surface area contributed by atoms with Gasteiger partial charge in [-0.15, -0.1) is 0 Å². The molecule has 3 aromatic rings. The van der Waals surface area contributed by atoms with Gasteiger partial charge in [-0.1, -0.05) is 0 Å². The quantitative estimate of drug-likeness (QED) is 0.676. The lowest BCUT2D eigenvalue weighted by Crippen LogP contribution is -2.27. The van der Waals surface area contributed by atoms with Gasteiger partial charge in [-0.2, -0.15) is 0 Å². The maximum absolute atomic E-state index is 13.1. The maximum atomic E-state index is 13.1. The van der Waals surface area contributed by atoms with Gasteiger partial charge in [0, 0.05) is 6.07 Å². The van der Waals surface area contributed by atoms with E-state index in [0.29, 0.717) is 39.3 Å². The molecule has 1 aromatic heterocycles. The molecule has 5 heteroatoms. The van der Waals surface area contributed by atoms with Crippen molar-refractivity contribution in [3.63, 3.8) is 0 Å². The first kappa shape index (κ1) is 17.2. The third-order valence-corrected chi connectivity index (χ3v) is 4.63. The minimum Gasteiger partial charge on any atom is -0.497 e. The van der Waals surface area contributed by atoms with Gasteiger partial charge >= 0.3 is 0 Å². The normalized spacial score (nSPS) is 14.5. The molecule has 2 heterocycles. The fourth-order valence-corrected chi connectivity index (χ4v) is 3.21. The lowest BCUT2D eigenvalue weighted by atomic mass is 9.99. The van der Waals surface area contributed by atoms with Crippen LogP contribution in [0.5, 0.6) is 17.2 Å². The van der Waals surface area contributed by atoms with E-state index in [1.807, 2.05) is 32.1 Å². The first-order valence-corrected chi connectivity index (χ1v) is 8.62. The number of ether oxygens (including phenoxy) is 3. The van der Waals surface area contributed by atoms with Crippen LogP contribution in [0.15, 0.2) is 51.9 Å². The monoisotopic (exact) mass is 364 g/mol. The van der Waals surface area contributed by atoms with Gasteiger partial charge in [-0.05, 0) is 55.8 Å². The molecule has 5 nitrogen and oxygen atoms in total. The molecule has 4 rings (SSSR count). The summed E-state index contributed by atoms with van der Waals surface area (Å²) in [7, 11) is 3.14. The van der Waals surface area contributed by atoms with Crippen molar-refractivity contribution >= 4 is 17.0 Å². The summed E-state index contributed by atoms with van der Waals surface area (Å²) in [6.45, 7) is 3.96. The Morgan fingerprint density at radius 1 is 1.00 bits per heavy atom. The fraction of sp³-hybridized carbons (Fsp3) is 0.227. The predicted octanol–water partition coefficient (Wildman–Crippen LogP) is 4.66. The molecule has 0 bridgehead atoms. The molecule has 0 radical (unpaired) electrons. The van der Waals surface area contributed by atoms with E-state index >= 15 is 0 Å². The van der Waals surface area contributed by atoms with Crippen LogP contribution < -0.4 is 19.6 Å². The fourth-order valence-electron chi connectivity index (χ4n) is 3.21. The number of methoxy groups -OCH3 is 2. The van der Waals surface area contributed by atoms with Gasteiger partial charge in [0.2, 0.25) is 5.43 Å². The summed E-state index contributed by atoms with van der Waals surface area (Å²) >= 11 is 0. The van der Waals surface area contributed by atoms with Gasteiger partial charge in [0.05, 0.1) is 30.7 Å². The van der Waals surface area contributed by atoms with Gasteiger partial charge in [0.25, 0.3) is 0 Å². The van der Waals surface area contributed by atoms with Crippen LogP contribution >= 0.6 is 0 Å². The van der Waals surface area contributed by atoms with E-state index < -0.39 is 5.60 Å². The molecular formula is C22H20O5. The molecule has 0 aliphatic carbocycles. The molecule has 0 saturated carbocycles. The minimum atomic E-state index is -0.391. The van der Waals surface area contributed by atoms with E-state index in [4.69, 9.17) is 18.6 Å². The third-order valence-electron chi connectivity index (χ3n) is 4.63. The van der Waals surface area contributed by atoms with Crippen molar-refractivity contribution in [1.82, 2.24) is 0 Å². The van der Waals surface area contributed by atoms with Gasteiger partial charge in [0.15, 0.2) is 0 Å². The lowest BCUT2D eigenvalue weighted by Gasteiger charge is -2.27. The van der Waals surface area contributed by atoms with E-state index in [2.05, 4.69) is 0 Å². The van der Waals surface area contributed by atoms with Crippen molar-refractivity contribution in [2.75, 3.05) is 14.2 Å². The van der Waals surface area contributed by atoms with Gasteiger partial charge in [-0.3, -0.25) is 4.79 Å². The summed E-state index contributed by atoms with van der Waals surface area (Å²) in [5.74, 6) is 1.91. The average molecular weight is 364 g/mol. The Morgan fingerprint density at radius 2 is 1.70 bits per heavy atom.